The van der Waals surface area contributed by atoms with Crippen LogP contribution in [0.2, 0.25) is 0 Å². The summed E-state index contributed by atoms with van der Waals surface area (Å²) in [4.78, 5) is 2.76. The molecule has 44 valence electrons. The van der Waals surface area contributed by atoms with Crippen molar-refractivity contribution in [3.05, 3.63) is 17.3 Å². The lowest BCUT2D eigenvalue weighted by Crippen LogP contribution is -1.64. The van der Waals surface area contributed by atoms with Gasteiger partial charge in [-0.05, 0) is 19.9 Å². The van der Waals surface area contributed by atoms with Crippen LogP contribution in [-0.4, -0.2) is 10.1 Å². The molecule has 0 unspecified atom stereocenters. The number of H-pyrrole nitrogens is 1. The van der Waals surface area contributed by atoms with Crippen molar-refractivity contribution in [2.24, 2.45) is 0 Å². The zero-order valence-electron chi connectivity index (χ0n) is 5.02. The average Bonchev–Trinajstić information content (AvgIpc) is 1.85. The molecule has 0 radical (unpaired) electrons. The lowest BCUT2D eigenvalue weighted by atomic mass is 10.3. The van der Waals surface area contributed by atoms with E-state index in [1.165, 1.54) is 0 Å². The molecule has 0 saturated carbocycles. The van der Waals surface area contributed by atoms with Crippen LogP contribution in [0.4, 0.5) is 0 Å². The Labute approximate surface area is 48.2 Å². The zero-order valence-corrected chi connectivity index (χ0v) is 5.02. The number of aromatic nitrogens is 1. The van der Waals surface area contributed by atoms with Gasteiger partial charge in [0.15, 0.2) is 5.88 Å². The standard InChI is InChI=1S/C6H9NO/c1-4-3-5(2)7-6(4)8/h3,7-8H,1-2H3. The summed E-state index contributed by atoms with van der Waals surface area (Å²) in [6.45, 7) is 3.77. The van der Waals surface area contributed by atoms with E-state index in [0.29, 0.717) is 0 Å². The number of hydrogen-bond acceptors (Lipinski definition) is 1. The van der Waals surface area contributed by atoms with E-state index in [0.717, 1.165) is 11.3 Å². The lowest BCUT2D eigenvalue weighted by molar-refractivity contribution is 0.452. The Hall–Kier alpha value is -0.920. The third kappa shape index (κ3) is 0.689. The molecular formula is C6H9NO. The maximum absolute atomic E-state index is 8.88. The molecule has 2 N–H and O–H groups in total. The van der Waals surface area contributed by atoms with Gasteiger partial charge in [0.05, 0.1) is 0 Å². The van der Waals surface area contributed by atoms with Crippen molar-refractivity contribution < 1.29 is 5.11 Å². The zero-order chi connectivity index (χ0) is 6.15. The van der Waals surface area contributed by atoms with Crippen molar-refractivity contribution in [2.45, 2.75) is 13.8 Å². The van der Waals surface area contributed by atoms with Gasteiger partial charge in [0, 0.05) is 11.3 Å². The molecule has 1 rings (SSSR count). The topological polar surface area (TPSA) is 36.0 Å². The molecule has 0 amide bonds. The summed E-state index contributed by atoms with van der Waals surface area (Å²) in [7, 11) is 0. The van der Waals surface area contributed by atoms with Crippen LogP contribution >= 0.6 is 0 Å². The molecule has 1 aromatic rings. The van der Waals surface area contributed by atoms with Gasteiger partial charge in [-0.3, -0.25) is 0 Å². The van der Waals surface area contributed by atoms with Crippen molar-refractivity contribution in [1.82, 2.24) is 4.98 Å². The van der Waals surface area contributed by atoms with Crippen LogP contribution in [0.1, 0.15) is 11.3 Å². The van der Waals surface area contributed by atoms with E-state index in [1.54, 1.807) is 0 Å². The fraction of sp³-hybridized carbons (Fsp3) is 0.333. The summed E-state index contributed by atoms with van der Waals surface area (Å²) in [5, 5.41) is 8.88. The number of aryl methyl sites for hydroxylation is 2. The number of nitrogens with one attached hydrogen (secondary N) is 1. The predicted octanol–water partition coefficient (Wildman–Crippen LogP) is 1.34. The molecule has 0 aliphatic rings. The quantitative estimate of drug-likeness (QED) is 0.520. The van der Waals surface area contributed by atoms with E-state index in [2.05, 4.69) is 4.98 Å². The van der Waals surface area contributed by atoms with Crippen LogP contribution in [0, 0.1) is 13.8 Å². The molecule has 2 heteroatoms. The number of hydrogen-bond donors (Lipinski definition) is 2. The Kier molecular flexibility index (Phi) is 1.01. The largest absolute Gasteiger partial charge is 0.494 e. The third-order valence-corrected chi connectivity index (χ3v) is 1.12. The van der Waals surface area contributed by atoms with E-state index in [-0.39, 0.29) is 5.88 Å². The van der Waals surface area contributed by atoms with Crippen LogP contribution in [0.5, 0.6) is 5.88 Å². The Balaban J connectivity index is 3.14. The summed E-state index contributed by atoms with van der Waals surface area (Å²) in [6, 6.07) is 1.90. The van der Waals surface area contributed by atoms with E-state index in [9.17, 15) is 0 Å². The Morgan fingerprint density at radius 1 is 1.50 bits per heavy atom. The minimum atomic E-state index is 0.280. The summed E-state index contributed by atoms with van der Waals surface area (Å²) >= 11 is 0. The highest BCUT2D eigenvalue weighted by molar-refractivity contribution is 5.27. The van der Waals surface area contributed by atoms with Gasteiger partial charge in [-0.25, -0.2) is 0 Å². The van der Waals surface area contributed by atoms with Crippen molar-refractivity contribution >= 4 is 0 Å². The molecule has 1 heterocycles. The van der Waals surface area contributed by atoms with Gasteiger partial charge in [0.1, 0.15) is 0 Å². The third-order valence-electron chi connectivity index (χ3n) is 1.12. The lowest BCUT2D eigenvalue weighted by Gasteiger charge is -1.81. The minimum absolute atomic E-state index is 0.280. The van der Waals surface area contributed by atoms with Crippen LogP contribution in [0.25, 0.3) is 0 Å². The predicted molar refractivity (Wildman–Crippen MR) is 31.9 cm³/mol. The summed E-state index contributed by atoms with van der Waals surface area (Å²) in [5.41, 5.74) is 1.91. The van der Waals surface area contributed by atoms with Crippen molar-refractivity contribution in [1.29, 1.82) is 0 Å². The summed E-state index contributed by atoms with van der Waals surface area (Å²) in [5.74, 6) is 0.280. The Morgan fingerprint density at radius 2 is 2.12 bits per heavy atom. The van der Waals surface area contributed by atoms with Gasteiger partial charge < -0.3 is 10.1 Å². The molecule has 8 heavy (non-hydrogen) atoms. The summed E-state index contributed by atoms with van der Waals surface area (Å²) < 4.78 is 0. The molecule has 0 aromatic carbocycles. The first-order valence-electron chi connectivity index (χ1n) is 2.55. The van der Waals surface area contributed by atoms with E-state index in [1.807, 2.05) is 19.9 Å². The highest BCUT2D eigenvalue weighted by Crippen LogP contribution is 2.13. The molecule has 0 aliphatic carbocycles. The second kappa shape index (κ2) is 1.54. The molecule has 1 aromatic heterocycles. The molecular weight excluding hydrogens is 102 g/mol. The van der Waals surface area contributed by atoms with Gasteiger partial charge in [-0.1, -0.05) is 0 Å². The van der Waals surface area contributed by atoms with Crippen molar-refractivity contribution in [2.75, 3.05) is 0 Å². The average molecular weight is 111 g/mol. The molecule has 0 bridgehead atoms. The Morgan fingerprint density at radius 3 is 2.25 bits per heavy atom. The van der Waals surface area contributed by atoms with Crippen LogP contribution < -0.4 is 0 Å². The maximum atomic E-state index is 8.88. The highest BCUT2D eigenvalue weighted by atomic mass is 16.3. The van der Waals surface area contributed by atoms with Gasteiger partial charge in [-0.2, -0.15) is 0 Å². The maximum Gasteiger partial charge on any atom is 0.191 e. The molecule has 0 fully saturated rings. The molecule has 2 nitrogen and oxygen atoms in total. The highest BCUT2D eigenvalue weighted by Gasteiger charge is 1.95. The Bertz CT molecular complexity index is 171. The van der Waals surface area contributed by atoms with Crippen LogP contribution in [-0.2, 0) is 0 Å². The van der Waals surface area contributed by atoms with Gasteiger partial charge >= 0.3 is 0 Å². The monoisotopic (exact) mass is 111 g/mol. The van der Waals surface area contributed by atoms with Crippen molar-refractivity contribution in [3.63, 3.8) is 0 Å². The molecule has 0 atom stereocenters. The second-order valence-corrected chi connectivity index (χ2v) is 1.98. The fourth-order valence-corrected chi connectivity index (χ4v) is 0.715. The van der Waals surface area contributed by atoms with E-state index in [4.69, 9.17) is 5.11 Å². The smallest absolute Gasteiger partial charge is 0.191 e. The summed E-state index contributed by atoms with van der Waals surface area (Å²) in [6.07, 6.45) is 0. The fourth-order valence-electron chi connectivity index (χ4n) is 0.715. The van der Waals surface area contributed by atoms with Crippen LogP contribution in [0.3, 0.4) is 0 Å². The molecule has 0 spiro atoms. The van der Waals surface area contributed by atoms with Gasteiger partial charge in [-0.15, -0.1) is 0 Å². The SMILES string of the molecule is Cc1cc(C)c(O)[nH]1. The number of rotatable bonds is 0. The first-order valence-corrected chi connectivity index (χ1v) is 2.55. The molecule has 0 saturated heterocycles. The first-order chi connectivity index (χ1) is 3.70. The normalized spacial score (nSPS) is 9.75. The number of aromatic amines is 1. The van der Waals surface area contributed by atoms with E-state index >= 15 is 0 Å². The second-order valence-electron chi connectivity index (χ2n) is 1.98. The molecule has 0 aliphatic heterocycles. The van der Waals surface area contributed by atoms with Crippen molar-refractivity contribution in [3.8, 4) is 5.88 Å². The van der Waals surface area contributed by atoms with Crippen LogP contribution in [0.15, 0.2) is 6.07 Å². The minimum Gasteiger partial charge on any atom is -0.494 e. The van der Waals surface area contributed by atoms with E-state index < -0.39 is 0 Å². The first kappa shape index (κ1) is 5.22. The van der Waals surface area contributed by atoms with Gasteiger partial charge in [0.2, 0.25) is 0 Å². The number of aromatic hydroxyl groups is 1. The van der Waals surface area contributed by atoms with Gasteiger partial charge in [0.25, 0.3) is 0 Å².